The van der Waals surface area contributed by atoms with Crippen LogP contribution in [0.25, 0.3) is 0 Å². The lowest BCUT2D eigenvalue weighted by atomic mass is 10.4. The molecule has 12 heavy (non-hydrogen) atoms. The van der Waals surface area contributed by atoms with Crippen LogP contribution in [0, 0.1) is 0 Å². The minimum Gasteiger partial charge on any atom is -0.433 e. The van der Waals surface area contributed by atoms with E-state index in [1.807, 2.05) is 0 Å². The number of carbonyl (C=O) groups is 1. The van der Waals surface area contributed by atoms with E-state index in [1.54, 1.807) is 18.7 Å². The summed E-state index contributed by atoms with van der Waals surface area (Å²) in [4.78, 5) is 12.4. The van der Waals surface area contributed by atoms with E-state index in [0.717, 1.165) is 25.9 Å². The van der Waals surface area contributed by atoms with Gasteiger partial charge in [-0.2, -0.15) is 0 Å². The standard InChI is InChI=1S/C8H15NO2S/c1-8(2,12)11-7(10)9-5-3-4-6-9/h12H,3-6H2,1-2H3. The molecule has 1 aliphatic heterocycles. The molecular formula is C8H15NO2S. The van der Waals surface area contributed by atoms with Crippen molar-refractivity contribution < 1.29 is 9.53 Å². The van der Waals surface area contributed by atoms with Crippen molar-refractivity contribution in [2.75, 3.05) is 13.1 Å². The molecule has 1 heterocycles. The first-order valence-corrected chi connectivity index (χ1v) is 4.64. The predicted molar refractivity (Wildman–Crippen MR) is 50.4 cm³/mol. The third-order valence-electron chi connectivity index (χ3n) is 1.70. The van der Waals surface area contributed by atoms with E-state index >= 15 is 0 Å². The normalized spacial score (nSPS) is 18.1. The molecule has 1 rings (SSSR count). The molecule has 3 nitrogen and oxygen atoms in total. The molecule has 4 heteroatoms. The van der Waals surface area contributed by atoms with Crippen molar-refractivity contribution in [3.63, 3.8) is 0 Å². The van der Waals surface area contributed by atoms with Crippen LogP contribution in [0.4, 0.5) is 4.79 Å². The molecule has 0 unspecified atom stereocenters. The molecule has 0 aliphatic carbocycles. The first kappa shape index (κ1) is 9.71. The van der Waals surface area contributed by atoms with Gasteiger partial charge in [-0.25, -0.2) is 4.79 Å². The van der Waals surface area contributed by atoms with Crippen LogP contribution in [0.1, 0.15) is 26.7 Å². The Labute approximate surface area is 78.5 Å². The lowest BCUT2D eigenvalue weighted by Gasteiger charge is -2.23. The maximum absolute atomic E-state index is 11.3. The highest BCUT2D eigenvalue weighted by Gasteiger charge is 2.24. The van der Waals surface area contributed by atoms with Gasteiger partial charge in [0.15, 0.2) is 4.93 Å². The number of rotatable bonds is 1. The second-order valence-corrected chi connectivity index (χ2v) is 4.59. The second kappa shape index (κ2) is 3.56. The summed E-state index contributed by atoms with van der Waals surface area (Å²) in [5.74, 6) is 0. The zero-order valence-electron chi connectivity index (χ0n) is 7.54. The molecule has 0 aromatic carbocycles. The lowest BCUT2D eigenvalue weighted by Crippen LogP contribution is -2.33. The van der Waals surface area contributed by atoms with Gasteiger partial charge in [0.25, 0.3) is 0 Å². The molecule has 0 aromatic heterocycles. The van der Waals surface area contributed by atoms with Gasteiger partial charge >= 0.3 is 6.09 Å². The Bertz CT molecular complexity index is 170. The molecule has 1 saturated heterocycles. The van der Waals surface area contributed by atoms with E-state index in [-0.39, 0.29) is 6.09 Å². The van der Waals surface area contributed by atoms with Crippen molar-refractivity contribution in [1.82, 2.24) is 4.90 Å². The third kappa shape index (κ3) is 2.93. The molecule has 0 saturated carbocycles. The Kier molecular flexibility index (Phi) is 2.88. The molecule has 0 aromatic rings. The Hall–Kier alpha value is -0.380. The summed E-state index contributed by atoms with van der Waals surface area (Å²) in [6.45, 7) is 5.15. The molecule has 1 amide bonds. The largest absolute Gasteiger partial charge is 0.433 e. The highest BCUT2D eigenvalue weighted by atomic mass is 32.1. The van der Waals surface area contributed by atoms with Crippen LogP contribution in [0.2, 0.25) is 0 Å². The number of hydrogen-bond donors (Lipinski definition) is 1. The lowest BCUT2D eigenvalue weighted by molar-refractivity contribution is 0.0693. The topological polar surface area (TPSA) is 29.5 Å². The van der Waals surface area contributed by atoms with Crippen LogP contribution in [0.5, 0.6) is 0 Å². The first-order chi connectivity index (χ1) is 5.49. The SMILES string of the molecule is CC(C)(S)OC(=O)N1CCCC1. The quantitative estimate of drug-likeness (QED) is 0.504. The summed E-state index contributed by atoms with van der Waals surface area (Å²) in [5.41, 5.74) is 0. The number of carbonyl (C=O) groups excluding carboxylic acids is 1. The van der Waals surface area contributed by atoms with E-state index < -0.39 is 4.93 Å². The van der Waals surface area contributed by atoms with Gasteiger partial charge in [0.05, 0.1) is 0 Å². The molecule has 0 atom stereocenters. The van der Waals surface area contributed by atoms with E-state index in [1.165, 1.54) is 0 Å². The van der Waals surface area contributed by atoms with Crippen LogP contribution in [-0.4, -0.2) is 29.0 Å². The number of nitrogens with zero attached hydrogens (tertiary/aromatic N) is 1. The van der Waals surface area contributed by atoms with Crippen molar-refractivity contribution in [1.29, 1.82) is 0 Å². The zero-order chi connectivity index (χ0) is 9.19. The smallest absolute Gasteiger partial charge is 0.411 e. The van der Waals surface area contributed by atoms with E-state index in [0.29, 0.717) is 0 Å². The summed E-state index contributed by atoms with van der Waals surface area (Å²) >= 11 is 4.12. The Morgan fingerprint density at radius 2 is 1.92 bits per heavy atom. The first-order valence-electron chi connectivity index (χ1n) is 4.19. The Morgan fingerprint density at radius 1 is 1.42 bits per heavy atom. The van der Waals surface area contributed by atoms with Gasteiger partial charge in [-0.1, -0.05) is 0 Å². The number of amides is 1. The molecule has 1 aliphatic rings. The Balaban J connectivity index is 2.37. The number of likely N-dealkylation sites (tertiary alicyclic amines) is 1. The summed E-state index contributed by atoms with van der Waals surface area (Å²) in [6.07, 6.45) is 1.93. The number of thiol groups is 1. The molecular weight excluding hydrogens is 174 g/mol. The van der Waals surface area contributed by atoms with Crippen molar-refractivity contribution in [2.24, 2.45) is 0 Å². The predicted octanol–water partition coefficient (Wildman–Crippen LogP) is 1.88. The van der Waals surface area contributed by atoms with Gasteiger partial charge in [-0.3, -0.25) is 0 Å². The fraction of sp³-hybridized carbons (Fsp3) is 0.875. The number of hydrogen-bond acceptors (Lipinski definition) is 3. The summed E-state index contributed by atoms with van der Waals surface area (Å²) in [5, 5.41) is 0. The van der Waals surface area contributed by atoms with Crippen LogP contribution in [0.3, 0.4) is 0 Å². The van der Waals surface area contributed by atoms with E-state index in [2.05, 4.69) is 12.6 Å². The molecule has 0 bridgehead atoms. The minimum atomic E-state index is -0.667. The molecule has 0 N–H and O–H groups in total. The van der Waals surface area contributed by atoms with Crippen LogP contribution in [0.15, 0.2) is 0 Å². The van der Waals surface area contributed by atoms with Gasteiger partial charge < -0.3 is 9.64 Å². The van der Waals surface area contributed by atoms with E-state index in [9.17, 15) is 4.79 Å². The maximum atomic E-state index is 11.3. The van der Waals surface area contributed by atoms with Gasteiger partial charge in [0.1, 0.15) is 0 Å². The van der Waals surface area contributed by atoms with Gasteiger partial charge in [0, 0.05) is 13.1 Å². The average molecular weight is 189 g/mol. The Morgan fingerprint density at radius 3 is 2.33 bits per heavy atom. The zero-order valence-corrected chi connectivity index (χ0v) is 8.43. The van der Waals surface area contributed by atoms with Crippen LogP contribution < -0.4 is 0 Å². The fourth-order valence-corrected chi connectivity index (χ4v) is 1.26. The van der Waals surface area contributed by atoms with Crippen molar-refractivity contribution >= 4 is 18.7 Å². The maximum Gasteiger partial charge on any atom is 0.411 e. The van der Waals surface area contributed by atoms with Gasteiger partial charge in [-0.15, -0.1) is 12.6 Å². The molecule has 1 fully saturated rings. The van der Waals surface area contributed by atoms with Gasteiger partial charge in [0.2, 0.25) is 0 Å². The summed E-state index contributed by atoms with van der Waals surface area (Å²) in [6, 6.07) is 0. The summed E-state index contributed by atoms with van der Waals surface area (Å²) in [7, 11) is 0. The molecule has 0 radical (unpaired) electrons. The highest BCUT2D eigenvalue weighted by molar-refractivity contribution is 7.81. The number of ether oxygens (including phenoxy) is 1. The average Bonchev–Trinajstić information content (AvgIpc) is 2.32. The van der Waals surface area contributed by atoms with Crippen molar-refractivity contribution in [3.8, 4) is 0 Å². The van der Waals surface area contributed by atoms with Crippen LogP contribution >= 0.6 is 12.6 Å². The summed E-state index contributed by atoms with van der Waals surface area (Å²) < 4.78 is 5.07. The van der Waals surface area contributed by atoms with Crippen LogP contribution in [-0.2, 0) is 4.74 Å². The molecule has 0 spiro atoms. The molecule has 70 valence electrons. The minimum absolute atomic E-state index is 0.243. The van der Waals surface area contributed by atoms with Crippen molar-refractivity contribution in [3.05, 3.63) is 0 Å². The van der Waals surface area contributed by atoms with E-state index in [4.69, 9.17) is 4.74 Å². The third-order valence-corrected chi connectivity index (χ3v) is 1.79. The van der Waals surface area contributed by atoms with Crippen molar-refractivity contribution in [2.45, 2.75) is 31.6 Å². The fourth-order valence-electron chi connectivity index (χ4n) is 1.18. The second-order valence-electron chi connectivity index (χ2n) is 3.51. The monoisotopic (exact) mass is 189 g/mol. The highest BCUT2D eigenvalue weighted by Crippen LogP contribution is 2.17. The van der Waals surface area contributed by atoms with Gasteiger partial charge in [-0.05, 0) is 26.7 Å².